The predicted molar refractivity (Wildman–Crippen MR) is 87.0 cm³/mol. The maximum absolute atomic E-state index is 2.39. The van der Waals surface area contributed by atoms with Crippen LogP contribution in [0.5, 0.6) is 0 Å². The molecule has 2 aliphatic carbocycles. The van der Waals surface area contributed by atoms with Crippen LogP contribution in [0.15, 0.2) is 30.3 Å². The lowest BCUT2D eigenvalue weighted by molar-refractivity contribution is 0.259. The molecule has 20 heavy (non-hydrogen) atoms. The van der Waals surface area contributed by atoms with Crippen molar-refractivity contribution in [1.82, 2.24) is 0 Å². The highest BCUT2D eigenvalue weighted by molar-refractivity contribution is 5.25. The Morgan fingerprint density at radius 1 is 0.850 bits per heavy atom. The summed E-state index contributed by atoms with van der Waals surface area (Å²) in [6.07, 6.45) is 17.6. The maximum atomic E-state index is 2.39. The minimum atomic E-state index is 0.526. The van der Waals surface area contributed by atoms with Gasteiger partial charge < -0.3 is 0 Å². The Labute approximate surface area is 125 Å². The van der Waals surface area contributed by atoms with Gasteiger partial charge in [0.25, 0.3) is 0 Å². The highest BCUT2D eigenvalue weighted by Gasteiger charge is 2.33. The largest absolute Gasteiger partial charge is 0.0622 e. The summed E-state index contributed by atoms with van der Waals surface area (Å²) in [5.41, 5.74) is 2.16. The number of benzene rings is 1. The van der Waals surface area contributed by atoms with Crippen molar-refractivity contribution < 1.29 is 0 Å². The second-order valence-corrected chi connectivity index (χ2v) is 7.25. The summed E-state index contributed by atoms with van der Waals surface area (Å²) < 4.78 is 0. The van der Waals surface area contributed by atoms with Crippen LogP contribution in [0.1, 0.15) is 82.6 Å². The van der Waals surface area contributed by atoms with Crippen LogP contribution in [-0.4, -0.2) is 0 Å². The van der Waals surface area contributed by atoms with E-state index in [0.717, 1.165) is 5.92 Å². The van der Waals surface area contributed by atoms with E-state index >= 15 is 0 Å². The van der Waals surface area contributed by atoms with Gasteiger partial charge in [0, 0.05) is 0 Å². The molecule has 0 saturated heterocycles. The van der Waals surface area contributed by atoms with E-state index in [-0.39, 0.29) is 0 Å². The van der Waals surface area contributed by atoms with Gasteiger partial charge in [-0.3, -0.25) is 0 Å². The Morgan fingerprint density at radius 3 is 2.25 bits per heavy atom. The molecule has 0 N–H and O–H groups in total. The van der Waals surface area contributed by atoms with Crippen molar-refractivity contribution in [3.63, 3.8) is 0 Å². The minimum absolute atomic E-state index is 0.526. The van der Waals surface area contributed by atoms with E-state index in [1.54, 1.807) is 5.56 Å². The molecule has 0 heterocycles. The molecule has 0 aliphatic heterocycles. The Hall–Kier alpha value is -0.780. The van der Waals surface area contributed by atoms with Crippen molar-refractivity contribution in [2.75, 3.05) is 0 Å². The molecule has 0 heteroatoms. The van der Waals surface area contributed by atoms with Gasteiger partial charge in [0.1, 0.15) is 0 Å². The van der Waals surface area contributed by atoms with Crippen LogP contribution in [0.4, 0.5) is 0 Å². The zero-order valence-electron chi connectivity index (χ0n) is 12.9. The van der Waals surface area contributed by atoms with Gasteiger partial charge in [-0.25, -0.2) is 0 Å². The Morgan fingerprint density at radius 2 is 1.55 bits per heavy atom. The standard InChI is InChI=1S/C20H30/c1-3-13-19(14-4-1)20(15-7-2-8-16-20)17-9-12-18-10-5-6-11-18/h1,3-4,13-14,18H,2,5-12,15-17H2. The maximum Gasteiger partial charge on any atom is -0.00470 e. The van der Waals surface area contributed by atoms with Crippen molar-refractivity contribution in [2.45, 2.75) is 82.5 Å². The fraction of sp³-hybridized carbons (Fsp3) is 0.700. The first-order chi connectivity index (χ1) is 9.89. The summed E-state index contributed by atoms with van der Waals surface area (Å²) >= 11 is 0. The monoisotopic (exact) mass is 270 g/mol. The van der Waals surface area contributed by atoms with Crippen molar-refractivity contribution in [1.29, 1.82) is 0 Å². The van der Waals surface area contributed by atoms with Gasteiger partial charge in [0.05, 0.1) is 0 Å². The van der Waals surface area contributed by atoms with Crippen LogP contribution in [-0.2, 0) is 5.41 Å². The molecule has 0 amide bonds. The molecule has 0 unspecified atom stereocenters. The molecule has 2 fully saturated rings. The van der Waals surface area contributed by atoms with Crippen LogP contribution in [0.25, 0.3) is 0 Å². The van der Waals surface area contributed by atoms with Crippen LogP contribution in [0.2, 0.25) is 0 Å². The summed E-state index contributed by atoms with van der Waals surface area (Å²) in [5, 5.41) is 0. The highest BCUT2D eigenvalue weighted by atomic mass is 14.4. The lowest BCUT2D eigenvalue weighted by Gasteiger charge is -2.38. The van der Waals surface area contributed by atoms with Gasteiger partial charge in [-0.15, -0.1) is 0 Å². The molecule has 1 aromatic carbocycles. The molecular formula is C20H30. The predicted octanol–water partition coefficient (Wildman–Crippen LogP) is 6.25. The van der Waals surface area contributed by atoms with Crippen LogP contribution >= 0.6 is 0 Å². The average Bonchev–Trinajstić information content (AvgIpc) is 3.02. The van der Waals surface area contributed by atoms with E-state index in [4.69, 9.17) is 0 Å². The molecule has 110 valence electrons. The Balaban J connectivity index is 1.63. The second kappa shape index (κ2) is 6.78. The lowest BCUT2D eigenvalue weighted by atomic mass is 9.66. The second-order valence-electron chi connectivity index (χ2n) is 7.25. The quantitative estimate of drug-likeness (QED) is 0.593. The molecule has 0 spiro atoms. The van der Waals surface area contributed by atoms with E-state index in [1.165, 1.54) is 77.0 Å². The molecule has 2 aliphatic rings. The van der Waals surface area contributed by atoms with Crippen LogP contribution in [0.3, 0.4) is 0 Å². The fourth-order valence-corrected chi connectivity index (χ4v) is 4.73. The molecule has 0 nitrogen and oxygen atoms in total. The third kappa shape index (κ3) is 3.27. The molecule has 3 rings (SSSR count). The van der Waals surface area contributed by atoms with Crippen molar-refractivity contribution in [3.8, 4) is 0 Å². The summed E-state index contributed by atoms with van der Waals surface area (Å²) in [4.78, 5) is 0. The molecule has 0 bridgehead atoms. The molecule has 0 aromatic heterocycles. The third-order valence-electron chi connectivity index (χ3n) is 5.94. The number of hydrogen-bond donors (Lipinski definition) is 0. The fourth-order valence-electron chi connectivity index (χ4n) is 4.73. The average molecular weight is 270 g/mol. The topological polar surface area (TPSA) is 0 Å². The van der Waals surface area contributed by atoms with Gasteiger partial charge in [-0.05, 0) is 36.2 Å². The molecular weight excluding hydrogens is 240 g/mol. The normalized spacial score (nSPS) is 23.0. The van der Waals surface area contributed by atoms with E-state index in [2.05, 4.69) is 30.3 Å². The molecule has 0 atom stereocenters. The third-order valence-corrected chi connectivity index (χ3v) is 5.94. The zero-order valence-corrected chi connectivity index (χ0v) is 12.9. The van der Waals surface area contributed by atoms with Gasteiger partial charge in [0.15, 0.2) is 0 Å². The number of hydrogen-bond acceptors (Lipinski definition) is 0. The molecule has 1 aromatic rings. The highest BCUT2D eigenvalue weighted by Crippen LogP contribution is 2.44. The zero-order chi connectivity index (χ0) is 13.7. The SMILES string of the molecule is c1ccc(C2(CCCC3CCCC3)CCCCC2)cc1. The van der Waals surface area contributed by atoms with Gasteiger partial charge in [-0.1, -0.05) is 88.1 Å². The van der Waals surface area contributed by atoms with E-state index in [9.17, 15) is 0 Å². The molecule has 0 radical (unpaired) electrons. The Kier molecular flexibility index (Phi) is 4.81. The first-order valence-corrected chi connectivity index (χ1v) is 8.95. The molecule has 2 saturated carbocycles. The summed E-state index contributed by atoms with van der Waals surface area (Å²) in [5.74, 6) is 1.06. The first kappa shape index (κ1) is 14.2. The van der Waals surface area contributed by atoms with Gasteiger partial charge in [-0.2, -0.15) is 0 Å². The van der Waals surface area contributed by atoms with Crippen LogP contribution in [0, 0.1) is 5.92 Å². The van der Waals surface area contributed by atoms with Crippen molar-refractivity contribution in [3.05, 3.63) is 35.9 Å². The minimum Gasteiger partial charge on any atom is -0.0622 e. The lowest BCUT2D eigenvalue weighted by Crippen LogP contribution is -2.29. The first-order valence-electron chi connectivity index (χ1n) is 8.95. The van der Waals surface area contributed by atoms with E-state index in [1.807, 2.05) is 0 Å². The smallest absolute Gasteiger partial charge is 0.00470 e. The van der Waals surface area contributed by atoms with Crippen molar-refractivity contribution in [2.24, 2.45) is 5.92 Å². The summed E-state index contributed by atoms with van der Waals surface area (Å²) in [6, 6.07) is 11.4. The van der Waals surface area contributed by atoms with Crippen molar-refractivity contribution >= 4 is 0 Å². The van der Waals surface area contributed by atoms with E-state index in [0.29, 0.717) is 5.41 Å². The number of rotatable bonds is 5. The Bertz CT molecular complexity index is 380. The summed E-state index contributed by atoms with van der Waals surface area (Å²) in [7, 11) is 0. The van der Waals surface area contributed by atoms with Gasteiger partial charge >= 0.3 is 0 Å². The van der Waals surface area contributed by atoms with E-state index < -0.39 is 0 Å². The van der Waals surface area contributed by atoms with Crippen LogP contribution < -0.4 is 0 Å². The van der Waals surface area contributed by atoms with Gasteiger partial charge in [0.2, 0.25) is 0 Å². The summed E-state index contributed by atoms with van der Waals surface area (Å²) in [6.45, 7) is 0.